The summed E-state index contributed by atoms with van der Waals surface area (Å²) in [6, 6.07) is 15.8. The van der Waals surface area contributed by atoms with Gasteiger partial charge in [-0.15, -0.1) is 0 Å². The molecule has 2 aromatic rings. The third-order valence-corrected chi connectivity index (χ3v) is 2.90. The van der Waals surface area contributed by atoms with Crippen molar-refractivity contribution >= 4 is 17.6 Å². The van der Waals surface area contributed by atoms with Crippen LogP contribution in [0, 0.1) is 0 Å². The van der Waals surface area contributed by atoms with Crippen LogP contribution in [0.4, 0.5) is 10.5 Å². The molecular formula is C15H12N2O3. The Labute approximate surface area is 115 Å². The molecule has 1 heterocycles. The summed E-state index contributed by atoms with van der Waals surface area (Å²) >= 11 is 0. The average Bonchev–Trinajstić information content (AvgIpc) is 2.80. The lowest BCUT2D eigenvalue weighted by Gasteiger charge is -2.13. The SMILES string of the molecule is O=C1CNC(=O)N1c1cccc(Oc2ccccc2)c1. The van der Waals surface area contributed by atoms with Gasteiger partial charge in [0.05, 0.1) is 12.2 Å². The highest BCUT2D eigenvalue weighted by Gasteiger charge is 2.30. The van der Waals surface area contributed by atoms with Gasteiger partial charge in [0, 0.05) is 6.07 Å². The maximum absolute atomic E-state index is 11.7. The Hall–Kier alpha value is -2.82. The Morgan fingerprint density at radius 3 is 2.40 bits per heavy atom. The Morgan fingerprint density at radius 1 is 0.950 bits per heavy atom. The zero-order valence-corrected chi connectivity index (χ0v) is 10.6. The number of nitrogens with zero attached hydrogens (tertiary/aromatic N) is 1. The van der Waals surface area contributed by atoms with Crippen LogP contribution >= 0.6 is 0 Å². The lowest BCUT2D eigenvalue weighted by molar-refractivity contribution is -0.115. The third kappa shape index (κ3) is 2.33. The largest absolute Gasteiger partial charge is 0.457 e. The second-order valence-electron chi connectivity index (χ2n) is 4.30. The first-order valence-corrected chi connectivity index (χ1v) is 6.18. The van der Waals surface area contributed by atoms with Crippen LogP contribution in [0.1, 0.15) is 0 Å². The molecule has 1 N–H and O–H groups in total. The Balaban J connectivity index is 1.86. The highest BCUT2D eigenvalue weighted by atomic mass is 16.5. The number of anilines is 1. The number of urea groups is 1. The molecule has 3 rings (SSSR count). The minimum Gasteiger partial charge on any atom is -0.457 e. The molecule has 0 atom stereocenters. The molecule has 0 unspecified atom stereocenters. The molecule has 3 amide bonds. The van der Waals surface area contributed by atoms with Crippen LogP contribution in [0.2, 0.25) is 0 Å². The van der Waals surface area contributed by atoms with Gasteiger partial charge in [0.25, 0.3) is 5.91 Å². The smallest absolute Gasteiger partial charge is 0.329 e. The minimum absolute atomic E-state index is 0.0304. The number of carbonyl (C=O) groups is 2. The quantitative estimate of drug-likeness (QED) is 0.870. The van der Waals surface area contributed by atoms with Crippen molar-refractivity contribution in [3.8, 4) is 11.5 Å². The molecular weight excluding hydrogens is 256 g/mol. The highest BCUT2D eigenvalue weighted by Crippen LogP contribution is 2.26. The van der Waals surface area contributed by atoms with Crippen molar-refractivity contribution in [2.45, 2.75) is 0 Å². The molecule has 2 aromatic carbocycles. The van der Waals surface area contributed by atoms with E-state index in [1.807, 2.05) is 30.3 Å². The number of nitrogens with one attached hydrogen (secondary N) is 1. The summed E-state index contributed by atoms with van der Waals surface area (Å²) in [4.78, 5) is 24.4. The molecule has 0 bridgehead atoms. The fourth-order valence-corrected chi connectivity index (χ4v) is 1.99. The Kier molecular flexibility index (Phi) is 3.09. The average molecular weight is 268 g/mol. The van der Waals surface area contributed by atoms with E-state index in [4.69, 9.17) is 4.74 Å². The van der Waals surface area contributed by atoms with Gasteiger partial charge < -0.3 is 10.1 Å². The van der Waals surface area contributed by atoms with Crippen LogP contribution in [0.25, 0.3) is 0 Å². The predicted molar refractivity (Wildman–Crippen MR) is 73.8 cm³/mol. The minimum atomic E-state index is -0.410. The van der Waals surface area contributed by atoms with Crippen LogP contribution in [-0.4, -0.2) is 18.5 Å². The molecule has 20 heavy (non-hydrogen) atoms. The lowest BCUT2D eigenvalue weighted by atomic mass is 10.2. The number of hydrogen-bond acceptors (Lipinski definition) is 3. The van der Waals surface area contributed by atoms with E-state index >= 15 is 0 Å². The maximum atomic E-state index is 11.7. The van der Waals surface area contributed by atoms with E-state index in [-0.39, 0.29) is 12.5 Å². The number of ether oxygens (including phenoxy) is 1. The fourth-order valence-electron chi connectivity index (χ4n) is 1.99. The summed E-state index contributed by atoms with van der Waals surface area (Å²) in [5.74, 6) is 0.995. The molecule has 1 saturated heterocycles. The second-order valence-corrected chi connectivity index (χ2v) is 4.30. The summed E-state index contributed by atoms with van der Waals surface area (Å²) in [5.41, 5.74) is 0.499. The van der Waals surface area contributed by atoms with E-state index in [9.17, 15) is 9.59 Å². The zero-order valence-electron chi connectivity index (χ0n) is 10.6. The molecule has 5 nitrogen and oxygen atoms in total. The molecule has 1 aliphatic rings. The Bertz CT molecular complexity index is 639. The topological polar surface area (TPSA) is 58.6 Å². The maximum Gasteiger partial charge on any atom is 0.329 e. The van der Waals surface area contributed by atoms with Gasteiger partial charge in [-0.05, 0) is 24.3 Å². The van der Waals surface area contributed by atoms with E-state index in [2.05, 4.69) is 5.32 Å². The molecule has 100 valence electrons. The first kappa shape index (κ1) is 12.2. The van der Waals surface area contributed by atoms with Gasteiger partial charge in [-0.2, -0.15) is 0 Å². The van der Waals surface area contributed by atoms with Crippen molar-refractivity contribution in [1.29, 1.82) is 0 Å². The number of imide groups is 1. The van der Waals surface area contributed by atoms with Crippen molar-refractivity contribution in [3.63, 3.8) is 0 Å². The molecule has 0 aliphatic carbocycles. The zero-order chi connectivity index (χ0) is 13.9. The number of amides is 3. The van der Waals surface area contributed by atoms with E-state index in [0.29, 0.717) is 17.2 Å². The third-order valence-electron chi connectivity index (χ3n) is 2.90. The van der Waals surface area contributed by atoms with Crippen molar-refractivity contribution in [1.82, 2.24) is 5.32 Å². The van der Waals surface area contributed by atoms with Crippen LogP contribution in [0.15, 0.2) is 54.6 Å². The van der Waals surface area contributed by atoms with E-state index in [1.165, 1.54) is 0 Å². The molecule has 5 heteroatoms. The van der Waals surface area contributed by atoms with Crippen molar-refractivity contribution in [2.24, 2.45) is 0 Å². The normalized spacial score (nSPS) is 14.3. The summed E-state index contributed by atoms with van der Waals surface area (Å²) in [6.07, 6.45) is 0. The highest BCUT2D eigenvalue weighted by molar-refractivity contribution is 6.19. The molecule has 0 aromatic heterocycles. The first-order chi connectivity index (χ1) is 9.74. The van der Waals surface area contributed by atoms with Crippen molar-refractivity contribution in [2.75, 3.05) is 11.4 Å². The number of carbonyl (C=O) groups excluding carboxylic acids is 2. The monoisotopic (exact) mass is 268 g/mol. The molecule has 0 saturated carbocycles. The summed E-state index contributed by atoms with van der Waals surface area (Å²) in [7, 11) is 0. The first-order valence-electron chi connectivity index (χ1n) is 6.18. The van der Waals surface area contributed by atoms with Gasteiger partial charge in [0.1, 0.15) is 11.5 Å². The van der Waals surface area contributed by atoms with Gasteiger partial charge in [0.15, 0.2) is 0 Å². The number of para-hydroxylation sites is 1. The summed E-state index contributed by atoms with van der Waals surface area (Å²) < 4.78 is 5.68. The summed E-state index contributed by atoms with van der Waals surface area (Å²) in [5, 5.41) is 2.48. The van der Waals surface area contributed by atoms with Crippen LogP contribution in [-0.2, 0) is 4.79 Å². The molecule has 0 radical (unpaired) electrons. The van der Waals surface area contributed by atoms with E-state index in [0.717, 1.165) is 4.90 Å². The van der Waals surface area contributed by atoms with Gasteiger partial charge in [0.2, 0.25) is 0 Å². The predicted octanol–water partition coefficient (Wildman–Crippen LogP) is 2.54. The van der Waals surface area contributed by atoms with Gasteiger partial charge in [-0.1, -0.05) is 24.3 Å². The van der Waals surface area contributed by atoms with Crippen LogP contribution in [0.3, 0.4) is 0 Å². The number of rotatable bonds is 3. The number of benzene rings is 2. The lowest BCUT2D eigenvalue weighted by Crippen LogP contribution is -2.30. The second kappa shape index (κ2) is 5.05. The van der Waals surface area contributed by atoms with E-state index < -0.39 is 6.03 Å². The van der Waals surface area contributed by atoms with Crippen molar-refractivity contribution < 1.29 is 14.3 Å². The van der Waals surface area contributed by atoms with Crippen molar-refractivity contribution in [3.05, 3.63) is 54.6 Å². The summed E-state index contributed by atoms with van der Waals surface area (Å²) in [6.45, 7) is 0.0304. The molecule has 1 aliphatic heterocycles. The standard InChI is InChI=1S/C15H12N2O3/c18-14-10-16-15(19)17(14)11-5-4-8-13(9-11)20-12-6-2-1-3-7-12/h1-9H,10H2,(H,16,19). The van der Waals surface area contributed by atoms with Gasteiger partial charge in [-0.3, -0.25) is 4.79 Å². The molecule has 0 spiro atoms. The molecule has 1 fully saturated rings. The van der Waals surface area contributed by atoms with E-state index in [1.54, 1.807) is 24.3 Å². The van der Waals surface area contributed by atoms with Gasteiger partial charge in [-0.25, -0.2) is 9.69 Å². The van der Waals surface area contributed by atoms with Crippen LogP contribution < -0.4 is 15.0 Å². The van der Waals surface area contributed by atoms with Gasteiger partial charge >= 0.3 is 6.03 Å². The van der Waals surface area contributed by atoms with Crippen LogP contribution in [0.5, 0.6) is 11.5 Å². The number of hydrogen-bond donors (Lipinski definition) is 1. The fraction of sp³-hybridized carbons (Fsp3) is 0.0667. The Morgan fingerprint density at radius 2 is 1.70 bits per heavy atom.